The van der Waals surface area contributed by atoms with Crippen molar-refractivity contribution in [2.24, 2.45) is 0 Å². The molecule has 0 aliphatic heterocycles. The van der Waals surface area contributed by atoms with Crippen LogP contribution < -0.4 is 5.32 Å². The zero-order valence-corrected chi connectivity index (χ0v) is 10.4. The summed E-state index contributed by atoms with van der Waals surface area (Å²) in [6.45, 7) is 5.31. The van der Waals surface area contributed by atoms with E-state index in [0.29, 0.717) is 6.04 Å². The first-order chi connectivity index (χ1) is 7.30. The van der Waals surface area contributed by atoms with Gasteiger partial charge >= 0.3 is 0 Å². The van der Waals surface area contributed by atoms with E-state index in [1.807, 2.05) is 11.3 Å². The Balaban J connectivity index is 2.38. The van der Waals surface area contributed by atoms with Gasteiger partial charge in [0.05, 0.1) is 0 Å². The standard InChI is InChI=1S/C13H19NS/c1-4-7-11(5-2)14-10-13-9-8-12(6-3)15-13/h1,8-9,11,14H,5-7,10H2,2-3H3. The van der Waals surface area contributed by atoms with Crippen molar-refractivity contribution in [2.75, 3.05) is 0 Å². The Bertz CT molecular complexity index is 322. The molecule has 0 aliphatic rings. The average Bonchev–Trinajstić information content (AvgIpc) is 2.72. The first-order valence-corrected chi connectivity index (χ1v) is 6.36. The van der Waals surface area contributed by atoms with Crippen LogP contribution in [0, 0.1) is 12.3 Å². The highest BCUT2D eigenvalue weighted by Gasteiger charge is 2.04. The van der Waals surface area contributed by atoms with E-state index in [-0.39, 0.29) is 0 Å². The summed E-state index contributed by atoms with van der Waals surface area (Å²) in [5, 5.41) is 3.49. The van der Waals surface area contributed by atoms with E-state index in [1.165, 1.54) is 9.75 Å². The first-order valence-electron chi connectivity index (χ1n) is 5.54. The third-order valence-corrected chi connectivity index (χ3v) is 3.72. The van der Waals surface area contributed by atoms with Gasteiger partial charge in [0, 0.05) is 28.8 Å². The zero-order valence-electron chi connectivity index (χ0n) is 9.55. The predicted molar refractivity (Wildman–Crippen MR) is 68.1 cm³/mol. The highest BCUT2D eigenvalue weighted by Crippen LogP contribution is 2.16. The maximum atomic E-state index is 5.31. The van der Waals surface area contributed by atoms with E-state index >= 15 is 0 Å². The zero-order chi connectivity index (χ0) is 11.1. The maximum Gasteiger partial charge on any atom is 0.0302 e. The van der Waals surface area contributed by atoms with Crippen LogP contribution in [-0.2, 0) is 13.0 Å². The van der Waals surface area contributed by atoms with Crippen LogP contribution >= 0.6 is 11.3 Å². The SMILES string of the molecule is C#CCC(CC)NCc1ccc(CC)s1. The van der Waals surface area contributed by atoms with Crippen LogP contribution in [0.5, 0.6) is 0 Å². The summed E-state index contributed by atoms with van der Waals surface area (Å²) in [5.41, 5.74) is 0. The lowest BCUT2D eigenvalue weighted by atomic mass is 10.1. The number of rotatable bonds is 6. The molecular weight excluding hydrogens is 202 g/mol. The minimum atomic E-state index is 0.460. The van der Waals surface area contributed by atoms with Gasteiger partial charge in [-0.25, -0.2) is 0 Å². The Hall–Kier alpha value is -0.780. The Morgan fingerprint density at radius 3 is 2.67 bits per heavy atom. The summed E-state index contributed by atoms with van der Waals surface area (Å²) in [5.74, 6) is 2.71. The van der Waals surface area contributed by atoms with Crippen molar-refractivity contribution in [3.63, 3.8) is 0 Å². The lowest BCUT2D eigenvalue weighted by molar-refractivity contribution is 0.509. The number of hydrogen-bond acceptors (Lipinski definition) is 2. The lowest BCUT2D eigenvalue weighted by Gasteiger charge is -2.12. The third-order valence-electron chi connectivity index (χ3n) is 2.49. The minimum Gasteiger partial charge on any atom is -0.308 e. The molecule has 0 amide bonds. The van der Waals surface area contributed by atoms with Crippen LogP contribution in [0.3, 0.4) is 0 Å². The molecule has 0 aliphatic carbocycles. The van der Waals surface area contributed by atoms with Crippen molar-refractivity contribution >= 4 is 11.3 Å². The molecule has 1 unspecified atom stereocenters. The van der Waals surface area contributed by atoms with Crippen LogP contribution in [0.2, 0.25) is 0 Å². The average molecular weight is 221 g/mol. The van der Waals surface area contributed by atoms with Gasteiger partial charge in [0.15, 0.2) is 0 Å². The number of aryl methyl sites for hydroxylation is 1. The summed E-state index contributed by atoms with van der Waals surface area (Å²) in [4.78, 5) is 2.86. The highest BCUT2D eigenvalue weighted by molar-refractivity contribution is 7.11. The number of terminal acetylenes is 1. The Morgan fingerprint density at radius 1 is 1.40 bits per heavy atom. The second-order valence-electron chi connectivity index (χ2n) is 3.62. The Morgan fingerprint density at radius 2 is 2.13 bits per heavy atom. The normalized spacial score (nSPS) is 12.3. The summed E-state index contributed by atoms with van der Waals surface area (Å²) < 4.78 is 0. The van der Waals surface area contributed by atoms with Gasteiger partial charge in [-0.3, -0.25) is 0 Å². The van der Waals surface area contributed by atoms with Crippen molar-refractivity contribution in [1.82, 2.24) is 5.32 Å². The third kappa shape index (κ3) is 4.07. The van der Waals surface area contributed by atoms with Crippen molar-refractivity contribution < 1.29 is 0 Å². The monoisotopic (exact) mass is 221 g/mol. The molecule has 1 heterocycles. The molecule has 1 aromatic heterocycles. The Labute approximate surface area is 96.9 Å². The predicted octanol–water partition coefficient (Wildman–Crippen LogP) is 3.20. The minimum absolute atomic E-state index is 0.460. The van der Waals surface area contributed by atoms with E-state index in [9.17, 15) is 0 Å². The molecule has 1 atom stereocenters. The summed E-state index contributed by atoms with van der Waals surface area (Å²) in [7, 11) is 0. The number of thiophene rings is 1. The first kappa shape index (κ1) is 12.3. The van der Waals surface area contributed by atoms with Crippen LogP contribution in [-0.4, -0.2) is 6.04 Å². The molecule has 0 radical (unpaired) electrons. The Kier molecular flexibility index (Phi) is 5.45. The molecule has 1 rings (SSSR count). The van der Waals surface area contributed by atoms with Crippen LogP contribution in [0.25, 0.3) is 0 Å². The van der Waals surface area contributed by atoms with Gasteiger partial charge in [-0.15, -0.1) is 23.7 Å². The molecule has 82 valence electrons. The fourth-order valence-corrected chi connectivity index (χ4v) is 2.36. The van der Waals surface area contributed by atoms with Crippen LogP contribution in [0.4, 0.5) is 0 Å². The van der Waals surface area contributed by atoms with Gasteiger partial charge in [0.25, 0.3) is 0 Å². The van der Waals surface area contributed by atoms with Gasteiger partial charge in [-0.1, -0.05) is 13.8 Å². The van der Waals surface area contributed by atoms with Gasteiger partial charge in [0.2, 0.25) is 0 Å². The molecule has 2 heteroatoms. The number of hydrogen-bond donors (Lipinski definition) is 1. The van der Waals surface area contributed by atoms with Gasteiger partial charge in [-0.05, 0) is 25.0 Å². The van der Waals surface area contributed by atoms with Crippen molar-refractivity contribution in [2.45, 2.75) is 45.7 Å². The van der Waals surface area contributed by atoms with Crippen molar-refractivity contribution in [3.8, 4) is 12.3 Å². The van der Waals surface area contributed by atoms with E-state index in [2.05, 4.69) is 37.2 Å². The highest BCUT2D eigenvalue weighted by atomic mass is 32.1. The smallest absolute Gasteiger partial charge is 0.0302 e. The van der Waals surface area contributed by atoms with Crippen LogP contribution in [0.1, 0.15) is 36.4 Å². The molecule has 1 aromatic rings. The summed E-state index contributed by atoms with van der Waals surface area (Å²) >= 11 is 1.89. The van der Waals surface area contributed by atoms with Gasteiger partial charge < -0.3 is 5.32 Å². The van der Waals surface area contributed by atoms with E-state index < -0.39 is 0 Å². The molecule has 1 nitrogen and oxygen atoms in total. The maximum absolute atomic E-state index is 5.31. The quantitative estimate of drug-likeness (QED) is 0.727. The van der Waals surface area contributed by atoms with Crippen molar-refractivity contribution in [1.29, 1.82) is 0 Å². The second-order valence-corrected chi connectivity index (χ2v) is 4.87. The molecule has 0 aromatic carbocycles. The fourth-order valence-electron chi connectivity index (χ4n) is 1.46. The van der Waals surface area contributed by atoms with Crippen LogP contribution in [0.15, 0.2) is 12.1 Å². The van der Waals surface area contributed by atoms with Gasteiger partial charge in [-0.2, -0.15) is 0 Å². The molecule has 0 saturated carbocycles. The fraction of sp³-hybridized carbons (Fsp3) is 0.538. The molecular formula is C13H19NS. The second kappa shape index (κ2) is 6.66. The van der Waals surface area contributed by atoms with E-state index in [4.69, 9.17) is 6.42 Å². The van der Waals surface area contributed by atoms with E-state index in [1.54, 1.807) is 0 Å². The van der Waals surface area contributed by atoms with Crippen molar-refractivity contribution in [3.05, 3.63) is 21.9 Å². The number of nitrogens with one attached hydrogen (secondary N) is 1. The molecule has 1 N–H and O–H groups in total. The molecule has 15 heavy (non-hydrogen) atoms. The lowest BCUT2D eigenvalue weighted by Crippen LogP contribution is -2.26. The molecule has 0 fully saturated rings. The summed E-state index contributed by atoms with van der Waals surface area (Å²) in [6, 6.07) is 4.88. The van der Waals surface area contributed by atoms with E-state index in [0.717, 1.165) is 25.8 Å². The molecule has 0 spiro atoms. The summed E-state index contributed by atoms with van der Waals surface area (Å²) in [6.07, 6.45) is 8.36. The largest absolute Gasteiger partial charge is 0.308 e. The molecule has 0 bridgehead atoms. The topological polar surface area (TPSA) is 12.0 Å². The van der Waals surface area contributed by atoms with Gasteiger partial charge in [0.1, 0.15) is 0 Å². The molecule has 0 saturated heterocycles.